The van der Waals surface area contributed by atoms with Gasteiger partial charge in [-0.3, -0.25) is 0 Å². The van der Waals surface area contributed by atoms with Crippen LogP contribution in [0.3, 0.4) is 0 Å². The van der Waals surface area contributed by atoms with Crippen molar-refractivity contribution in [3.05, 3.63) is 20.3 Å². The first-order valence-corrected chi connectivity index (χ1v) is 4.33. The van der Waals surface area contributed by atoms with Gasteiger partial charge in [0.05, 0.1) is 0 Å². The standard InChI is InChI=1S/C8H10IN/c1-3-6-7(9)5-10-8(6)4-2/h3-5,10H,1-2H3/b6-3-,8-4+. The van der Waals surface area contributed by atoms with E-state index in [4.69, 9.17) is 0 Å². The Morgan fingerprint density at radius 1 is 1.40 bits per heavy atom. The number of nitrogens with one attached hydrogen (secondary N) is 1. The molecule has 0 aliphatic heterocycles. The average Bonchev–Trinajstić information content (AvgIpc) is 2.30. The van der Waals surface area contributed by atoms with Crippen LogP contribution in [0.2, 0.25) is 0 Å². The third-order valence-corrected chi connectivity index (χ3v) is 2.37. The smallest absolute Gasteiger partial charge is 0.0418 e. The Hall–Kier alpha value is -0.250. The third kappa shape index (κ3) is 1.26. The molecule has 1 aromatic heterocycles. The summed E-state index contributed by atoms with van der Waals surface area (Å²) in [6.07, 6.45) is 6.22. The average molecular weight is 247 g/mol. The molecular formula is C8H10IN. The van der Waals surface area contributed by atoms with E-state index in [9.17, 15) is 0 Å². The van der Waals surface area contributed by atoms with Crippen molar-refractivity contribution >= 4 is 34.7 Å². The fourth-order valence-electron chi connectivity index (χ4n) is 0.957. The quantitative estimate of drug-likeness (QED) is 0.663. The maximum Gasteiger partial charge on any atom is 0.0418 e. The van der Waals surface area contributed by atoms with Gasteiger partial charge in [-0.25, -0.2) is 0 Å². The van der Waals surface area contributed by atoms with Crippen molar-refractivity contribution < 1.29 is 0 Å². The second-order valence-electron chi connectivity index (χ2n) is 2.04. The summed E-state index contributed by atoms with van der Waals surface area (Å²) in [5.74, 6) is 0. The van der Waals surface area contributed by atoms with Crippen LogP contribution in [-0.4, -0.2) is 4.98 Å². The van der Waals surface area contributed by atoms with Gasteiger partial charge in [-0.2, -0.15) is 0 Å². The van der Waals surface area contributed by atoms with Gasteiger partial charge >= 0.3 is 0 Å². The van der Waals surface area contributed by atoms with Crippen molar-refractivity contribution in [2.24, 2.45) is 0 Å². The van der Waals surface area contributed by atoms with E-state index in [1.807, 2.05) is 13.1 Å². The number of hydrogen-bond donors (Lipinski definition) is 1. The number of halogens is 1. The Labute approximate surface area is 74.0 Å². The van der Waals surface area contributed by atoms with Crippen molar-refractivity contribution in [2.45, 2.75) is 13.8 Å². The Morgan fingerprint density at radius 3 is 2.50 bits per heavy atom. The zero-order valence-electron chi connectivity index (χ0n) is 6.11. The fourth-order valence-corrected chi connectivity index (χ4v) is 1.72. The lowest BCUT2D eigenvalue weighted by molar-refractivity contribution is 1.31. The largest absolute Gasteiger partial charge is 0.360 e. The summed E-state index contributed by atoms with van der Waals surface area (Å²) in [7, 11) is 0. The highest BCUT2D eigenvalue weighted by molar-refractivity contribution is 14.1. The van der Waals surface area contributed by atoms with Gasteiger partial charge in [-0.15, -0.1) is 0 Å². The Bertz CT molecular complexity index is 322. The summed E-state index contributed by atoms with van der Waals surface area (Å²) >= 11 is 2.32. The number of hydrogen-bond acceptors (Lipinski definition) is 0. The van der Waals surface area contributed by atoms with Crippen molar-refractivity contribution in [2.75, 3.05) is 0 Å². The first kappa shape index (κ1) is 7.85. The third-order valence-electron chi connectivity index (χ3n) is 1.48. The molecule has 0 atom stereocenters. The summed E-state index contributed by atoms with van der Waals surface area (Å²) in [5.41, 5.74) is 0. The first-order chi connectivity index (χ1) is 4.79. The maximum atomic E-state index is 3.18. The molecule has 1 rings (SSSR count). The van der Waals surface area contributed by atoms with Crippen molar-refractivity contribution in [3.8, 4) is 0 Å². The molecule has 0 fully saturated rings. The van der Waals surface area contributed by atoms with Crippen LogP contribution in [0.25, 0.3) is 12.2 Å². The highest BCUT2D eigenvalue weighted by atomic mass is 127. The van der Waals surface area contributed by atoms with E-state index in [-0.39, 0.29) is 0 Å². The lowest BCUT2D eigenvalue weighted by Crippen LogP contribution is -2.23. The molecule has 54 valence electrons. The molecule has 0 bridgehead atoms. The molecule has 0 amide bonds. The monoisotopic (exact) mass is 247 g/mol. The predicted octanol–water partition coefficient (Wildman–Crippen LogP) is 1.22. The normalized spacial score (nSPS) is 14.7. The summed E-state index contributed by atoms with van der Waals surface area (Å²) in [5, 5.41) is 2.52. The van der Waals surface area contributed by atoms with Crippen molar-refractivity contribution in [1.82, 2.24) is 4.98 Å². The minimum atomic E-state index is 1.21. The Kier molecular flexibility index (Phi) is 2.54. The van der Waals surface area contributed by atoms with E-state index < -0.39 is 0 Å². The van der Waals surface area contributed by atoms with Crippen molar-refractivity contribution in [1.29, 1.82) is 0 Å². The van der Waals surface area contributed by atoms with Gasteiger partial charge in [-0.1, -0.05) is 12.2 Å². The van der Waals surface area contributed by atoms with E-state index in [0.717, 1.165) is 0 Å². The van der Waals surface area contributed by atoms with Crippen LogP contribution >= 0.6 is 22.6 Å². The summed E-state index contributed by atoms with van der Waals surface area (Å²) < 4.78 is 1.29. The molecule has 1 aromatic rings. The molecule has 0 aliphatic rings. The molecule has 0 aliphatic carbocycles. The topological polar surface area (TPSA) is 15.8 Å². The van der Waals surface area contributed by atoms with Gasteiger partial charge in [0.2, 0.25) is 0 Å². The molecular weight excluding hydrogens is 237 g/mol. The van der Waals surface area contributed by atoms with Crippen molar-refractivity contribution in [3.63, 3.8) is 0 Å². The van der Waals surface area contributed by atoms with Gasteiger partial charge in [0.25, 0.3) is 0 Å². The SMILES string of the molecule is C/C=c1/[nH]cc(I)/c1=C/C. The summed E-state index contributed by atoms with van der Waals surface area (Å²) in [6, 6.07) is 0. The maximum absolute atomic E-state index is 3.18. The first-order valence-electron chi connectivity index (χ1n) is 3.25. The van der Waals surface area contributed by atoms with Crippen LogP contribution in [0.15, 0.2) is 6.20 Å². The fraction of sp³-hybridized carbons (Fsp3) is 0.250. The highest BCUT2D eigenvalue weighted by Crippen LogP contribution is 1.90. The van der Waals surface area contributed by atoms with Crippen LogP contribution in [0.1, 0.15) is 13.8 Å². The molecule has 2 heteroatoms. The van der Waals surface area contributed by atoms with Gasteiger partial charge in [0, 0.05) is 20.3 Å². The Morgan fingerprint density at radius 2 is 2.10 bits per heavy atom. The molecule has 0 radical (unpaired) electrons. The van der Waals surface area contributed by atoms with Crippen LogP contribution in [0.5, 0.6) is 0 Å². The van der Waals surface area contributed by atoms with E-state index in [0.29, 0.717) is 0 Å². The lowest BCUT2D eigenvalue weighted by atomic mass is 10.4. The molecule has 1 heterocycles. The molecule has 0 saturated heterocycles. The zero-order valence-corrected chi connectivity index (χ0v) is 8.27. The predicted molar refractivity (Wildman–Crippen MR) is 53.0 cm³/mol. The zero-order chi connectivity index (χ0) is 7.56. The van der Waals surface area contributed by atoms with Gasteiger partial charge < -0.3 is 4.98 Å². The van der Waals surface area contributed by atoms with Crippen LogP contribution < -0.4 is 10.6 Å². The van der Waals surface area contributed by atoms with Gasteiger partial charge in [0.1, 0.15) is 0 Å². The highest BCUT2D eigenvalue weighted by Gasteiger charge is 1.90. The molecule has 10 heavy (non-hydrogen) atoms. The molecule has 0 saturated carbocycles. The van der Waals surface area contributed by atoms with Gasteiger partial charge in [-0.05, 0) is 36.4 Å². The second-order valence-corrected chi connectivity index (χ2v) is 3.20. The number of aromatic nitrogens is 1. The summed E-state index contributed by atoms with van der Waals surface area (Å²) in [6.45, 7) is 4.09. The minimum absolute atomic E-state index is 1.21. The van der Waals surface area contributed by atoms with E-state index in [2.05, 4.69) is 46.7 Å². The lowest BCUT2D eigenvalue weighted by Gasteiger charge is -1.76. The molecule has 1 nitrogen and oxygen atoms in total. The van der Waals surface area contributed by atoms with Crippen LogP contribution in [0.4, 0.5) is 0 Å². The summed E-state index contributed by atoms with van der Waals surface area (Å²) in [4.78, 5) is 3.18. The Balaban J connectivity index is 3.59. The number of aromatic amines is 1. The molecule has 0 aromatic carbocycles. The van der Waals surface area contributed by atoms with E-state index >= 15 is 0 Å². The van der Waals surface area contributed by atoms with Crippen LogP contribution in [-0.2, 0) is 0 Å². The molecule has 0 spiro atoms. The van der Waals surface area contributed by atoms with Gasteiger partial charge in [0.15, 0.2) is 0 Å². The number of H-pyrrole nitrogens is 1. The minimum Gasteiger partial charge on any atom is -0.360 e. The number of rotatable bonds is 0. The van der Waals surface area contributed by atoms with E-state index in [1.54, 1.807) is 0 Å². The van der Waals surface area contributed by atoms with Crippen LogP contribution in [0, 0.1) is 3.57 Å². The second kappa shape index (κ2) is 3.23. The molecule has 1 N–H and O–H groups in total. The molecule has 0 unspecified atom stereocenters. The van der Waals surface area contributed by atoms with E-state index in [1.165, 1.54) is 14.1 Å².